The molecule has 0 spiro atoms. The molecule has 1 aromatic carbocycles. The topological polar surface area (TPSA) is 33.6 Å². The van der Waals surface area contributed by atoms with Crippen LogP contribution in [0, 0.1) is 0 Å². The van der Waals surface area contributed by atoms with Crippen LogP contribution >= 0.6 is 0 Å². The molecule has 0 aliphatic carbocycles. The monoisotopic (exact) mass is 274 g/mol. The zero-order valence-corrected chi connectivity index (χ0v) is 13.1. The van der Waals surface area contributed by atoms with Crippen molar-refractivity contribution in [2.45, 2.75) is 46.1 Å². The van der Waals surface area contributed by atoms with Crippen LogP contribution in [0.15, 0.2) is 47.8 Å². The van der Waals surface area contributed by atoms with Crippen molar-refractivity contribution in [1.29, 1.82) is 0 Å². The molecule has 0 amide bonds. The van der Waals surface area contributed by atoms with E-state index in [1.807, 2.05) is 44.2 Å². The smallest absolute Gasteiger partial charge is 0.132 e. The Morgan fingerprint density at radius 3 is 2.45 bits per heavy atom. The van der Waals surface area contributed by atoms with Gasteiger partial charge in [-0.15, -0.1) is 0 Å². The minimum Gasteiger partial charge on any atom is -0.389 e. The number of allylic oxidation sites excluding steroid dienone is 1. The number of nitrogens with zero attached hydrogens (tertiary/aromatic N) is 1. The Morgan fingerprint density at radius 1 is 1.25 bits per heavy atom. The zero-order valence-electron chi connectivity index (χ0n) is 13.1. The molecule has 0 fully saturated rings. The zero-order chi connectivity index (χ0) is 15.0. The second-order valence-corrected chi connectivity index (χ2v) is 5.42. The van der Waals surface area contributed by atoms with Crippen molar-refractivity contribution in [3.05, 3.63) is 48.2 Å². The Bertz CT molecular complexity index is 449. The van der Waals surface area contributed by atoms with Gasteiger partial charge in [0.05, 0.1) is 5.70 Å². The van der Waals surface area contributed by atoms with E-state index < -0.39 is 0 Å². The molecule has 0 heterocycles. The minimum absolute atomic E-state index is 0.273. The van der Waals surface area contributed by atoms with E-state index in [0.717, 1.165) is 36.4 Å². The van der Waals surface area contributed by atoms with Crippen molar-refractivity contribution < 1.29 is 4.84 Å². The third kappa shape index (κ3) is 5.08. The van der Waals surface area contributed by atoms with Crippen LogP contribution in [0.1, 0.15) is 46.1 Å². The van der Waals surface area contributed by atoms with Crippen LogP contribution < -0.4 is 5.32 Å². The quantitative estimate of drug-likeness (QED) is 0.571. The lowest BCUT2D eigenvalue weighted by molar-refractivity contribution is -0.0166. The molecule has 0 aliphatic rings. The third-order valence-electron chi connectivity index (χ3n) is 3.16. The summed E-state index contributed by atoms with van der Waals surface area (Å²) in [7, 11) is 0. The maximum atomic E-state index is 5.68. The van der Waals surface area contributed by atoms with Crippen molar-refractivity contribution in [2.24, 2.45) is 5.16 Å². The molecule has 1 aromatic rings. The number of rotatable bonds is 8. The van der Waals surface area contributed by atoms with Crippen LogP contribution in [0.2, 0.25) is 0 Å². The van der Waals surface area contributed by atoms with Crippen molar-refractivity contribution in [1.82, 2.24) is 5.32 Å². The molecule has 0 bridgehead atoms. The Kier molecular flexibility index (Phi) is 6.29. The Balaban J connectivity index is 2.96. The normalized spacial score (nSPS) is 12.1. The van der Waals surface area contributed by atoms with Crippen LogP contribution in [0.25, 0.3) is 0 Å². The fourth-order valence-corrected chi connectivity index (χ4v) is 1.47. The second-order valence-electron chi connectivity index (χ2n) is 5.42. The molecular weight excluding hydrogens is 248 g/mol. The highest BCUT2D eigenvalue weighted by Crippen LogP contribution is 2.16. The van der Waals surface area contributed by atoms with Crippen LogP contribution in [-0.2, 0) is 4.84 Å². The van der Waals surface area contributed by atoms with Crippen LogP contribution in [0.4, 0.5) is 0 Å². The average molecular weight is 274 g/mol. The summed E-state index contributed by atoms with van der Waals surface area (Å²) >= 11 is 0. The van der Waals surface area contributed by atoms with E-state index in [-0.39, 0.29) is 5.60 Å². The predicted octanol–water partition coefficient (Wildman–Crippen LogP) is 4.11. The van der Waals surface area contributed by atoms with Gasteiger partial charge in [0.25, 0.3) is 0 Å². The van der Waals surface area contributed by atoms with E-state index >= 15 is 0 Å². The maximum Gasteiger partial charge on any atom is 0.132 e. The van der Waals surface area contributed by atoms with Gasteiger partial charge in [0.1, 0.15) is 11.3 Å². The van der Waals surface area contributed by atoms with Gasteiger partial charge in [-0.05, 0) is 26.7 Å². The SMILES string of the molecule is C=C(NCCC)/C(=N/OC(C)(C)CC)c1ccccc1. The highest BCUT2D eigenvalue weighted by atomic mass is 16.6. The number of oxime groups is 1. The Hall–Kier alpha value is -1.77. The molecule has 0 unspecified atom stereocenters. The van der Waals surface area contributed by atoms with Crippen molar-refractivity contribution in [2.75, 3.05) is 6.54 Å². The van der Waals surface area contributed by atoms with E-state index in [1.54, 1.807) is 0 Å². The van der Waals surface area contributed by atoms with Gasteiger partial charge in [-0.2, -0.15) is 0 Å². The van der Waals surface area contributed by atoms with Gasteiger partial charge in [0.2, 0.25) is 0 Å². The molecule has 1 N–H and O–H groups in total. The summed E-state index contributed by atoms with van der Waals surface area (Å²) in [5.41, 5.74) is 2.30. The molecule has 0 saturated carbocycles. The summed E-state index contributed by atoms with van der Waals surface area (Å²) in [4.78, 5) is 5.68. The first-order chi connectivity index (χ1) is 9.50. The minimum atomic E-state index is -0.273. The van der Waals surface area contributed by atoms with Crippen LogP contribution in [0.5, 0.6) is 0 Å². The molecule has 1 rings (SSSR count). The van der Waals surface area contributed by atoms with E-state index in [0.29, 0.717) is 0 Å². The van der Waals surface area contributed by atoms with E-state index in [4.69, 9.17) is 4.84 Å². The van der Waals surface area contributed by atoms with Crippen LogP contribution in [-0.4, -0.2) is 17.9 Å². The van der Waals surface area contributed by atoms with E-state index in [1.165, 1.54) is 0 Å². The van der Waals surface area contributed by atoms with Gasteiger partial charge in [-0.1, -0.05) is 55.9 Å². The predicted molar refractivity (Wildman–Crippen MR) is 85.9 cm³/mol. The highest BCUT2D eigenvalue weighted by molar-refractivity contribution is 6.11. The summed E-state index contributed by atoms with van der Waals surface area (Å²) in [5.74, 6) is 0. The average Bonchev–Trinajstić information content (AvgIpc) is 2.46. The summed E-state index contributed by atoms with van der Waals surface area (Å²) in [6.45, 7) is 13.2. The lowest BCUT2D eigenvalue weighted by Gasteiger charge is -2.21. The number of benzene rings is 1. The lowest BCUT2D eigenvalue weighted by atomic mass is 10.1. The summed E-state index contributed by atoms with van der Waals surface area (Å²) in [5, 5.41) is 7.62. The molecule has 3 nitrogen and oxygen atoms in total. The maximum absolute atomic E-state index is 5.68. The summed E-state index contributed by atoms with van der Waals surface area (Å²) < 4.78 is 0. The molecule has 110 valence electrons. The summed E-state index contributed by atoms with van der Waals surface area (Å²) in [6.07, 6.45) is 1.94. The second kappa shape index (κ2) is 7.73. The largest absolute Gasteiger partial charge is 0.389 e. The van der Waals surface area contributed by atoms with Crippen molar-refractivity contribution in [3.63, 3.8) is 0 Å². The first kappa shape index (κ1) is 16.3. The number of hydrogen-bond donors (Lipinski definition) is 1. The number of hydrogen-bond acceptors (Lipinski definition) is 3. The standard InChI is InChI=1S/C17H26N2O/c1-6-13-18-14(3)16(15-11-9-8-10-12-15)19-20-17(4,5)7-2/h8-12,18H,3,6-7,13H2,1-2,4-5H3/b19-16-. The fourth-order valence-electron chi connectivity index (χ4n) is 1.47. The first-order valence-corrected chi connectivity index (χ1v) is 7.25. The Labute approximate surface area is 122 Å². The first-order valence-electron chi connectivity index (χ1n) is 7.25. The molecule has 3 heteroatoms. The molecule has 0 saturated heterocycles. The van der Waals surface area contributed by atoms with Gasteiger partial charge >= 0.3 is 0 Å². The molecule has 20 heavy (non-hydrogen) atoms. The van der Waals surface area contributed by atoms with Gasteiger partial charge in [-0.3, -0.25) is 0 Å². The lowest BCUT2D eigenvalue weighted by Crippen LogP contribution is -2.25. The third-order valence-corrected chi connectivity index (χ3v) is 3.16. The molecule has 0 atom stereocenters. The van der Waals surface area contributed by atoms with Crippen molar-refractivity contribution >= 4 is 5.71 Å². The van der Waals surface area contributed by atoms with Crippen molar-refractivity contribution in [3.8, 4) is 0 Å². The fraction of sp³-hybridized carbons (Fsp3) is 0.471. The molecule has 0 aromatic heterocycles. The van der Waals surface area contributed by atoms with E-state index in [2.05, 4.69) is 30.9 Å². The molecule has 0 radical (unpaired) electrons. The number of nitrogens with one attached hydrogen (secondary N) is 1. The van der Waals surface area contributed by atoms with E-state index in [9.17, 15) is 0 Å². The highest BCUT2D eigenvalue weighted by Gasteiger charge is 2.17. The van der Waals surface area contributed by atoms with Gasteiger partial charge in [0.15, 0.2) is 0 Å². The Morgan fingerprint density at radius 2 is 1.90 bits per heavy atom. The molecule has 0 aliphatic heterocycles. The van der Waals surface area contributed by atoms with Gasteiger partial charge in [0, 0.05) is 12.1 Å². The van der Waals surface area contributed by atoms with Gasteiger partial charge < -0.3 is 10.2 Å². The molecular formula is C17H26N2O. The van der Waals surface area contributed by atoms with Crippen LogP contribution in [0.3, 0.4) is 0 Å². The van der Waals surface area contributed by atoms with Gasteiger partial charge in [-0.25, -0.2) is 0 Å². The summed E-state index contributed by atoms with van der Waals surface area (Å²) in [6, 6.07) is 9.99.